The van der Waals surface area contributed by atoms with Crippen molar-refractivity contribution in [2.45, 2.75) is 13.8 Å². The summed E-state index contributed by atoms with van der Waals surface area (Å²) >= 11 is 1.45. The number of pyridine rings is 1. The van der Waals surface area contributed by atoms with Crippen LogP contribution < -0.4 is 5.32 Å². The topological polar surface area (TPSA) is 46.4 Å². The molecular formula is C20H17N3OS. The van der Waals surface area contributed by atoms with E-state index in [1.165, 1.54) is 11.3 Å². The van der Waals surface area contributed by atoms with E-state index in [0.29, 0.717) is 4.88 Å². The van der Waals surface area contributed by atoms with Crippen LogP contribution in [0.2, 0.25) is 0 Å². The Hall–Kier alpha value is -2.92. The van der Waals surface area contributed by atoms with E-state index in [0.717, 1.165) is 33.7 Å². The van der Waals surface area contributed by atoms with Crippen molar-refractivity contribution in [2.24, 2.45) is 0 Å². The molecule has 0 aliphatic carbocycles. The summed E-state index contributed by atoms with van der Waals surface area (Å²) in [4.78, 5) is 17.8. The SMILES string of the molecule is Cc1csc(C(=O)Nc2cccc(-c3cn4cccc(C)c4n3)c2)c1. The maximum atomic E-state index is 12.3. The highest BCUT2D eigenvalue weighted by molar-refractivity contribution is 7.12. The first kappa shape index (κ1) is 15.6. The summed E-state index contributed by atoms with van der Waals surface area (Å²) in [5.74, 6) is -0.0823. The van der Waals surface area contributed by atoms with Gasteiger partial charge in [-0.25, -0.2) is 4.98 Å². The number of nitrogens with zero attached hydrogens (tertiary/aromatic N) is 2. The van der Waals surface area contributed by atoms with Crippen LogP contribution in [0.15, 0.2) is 60.2 Å². The third-order valence-electron chi connectivity index (χ3n) is 4.05. The molecule has 25 heavy (non-hydrogen) atoms. The highest BCUT2D eigenvalue weighted by Gasteiger charge is 2.10. The van der Waals surface area contributed by atoms with Crippen molar-refractivity contribution in [2.75, 3.05) is 5.32 Å². The summed E-state index contributed by atoms with van der Waals surface area (Å²) in [6.07, 6.45) is 4.00. The average molecular weight is 347 g/mol. The quantitative estimate of drug-likeness (QED) is 0.571. The smallest absolute Gasteiger partial charge is 0.265 e. The summed E-state index contributed by atoms with van der Waals surface area (Å²) in [7, 11) is 0. The number of thiophene rings is 1. The van der Waals surface area contributed by atoms with Crippen LogP contribution in [0.25, 0.3) is 16.9 Å². The van der Waals surface area contributed by atoms with Gasteiger partial charge in [-0.15, -0.1) is 11.3 Å². The molecule has 1 N–H and O–H groups in total. The standard InChI is InChI=1S/C20H17N3OS/c1-13-9-18(25-12-13)20(24)21-16-7-3-6-15(10-16)17-11-23-8-4-5-14(2)19(23)22-17/h3-12H,1-2H3,(H,21,24). The molecule has 4 rings (SSSR count). The lowest BCUT2D eigenvalue weighted by atomic mass is 10.1. The zero-order valence-corrected chi connectivity index (χ0v) is 14.8. The Kier molecular flexibility index (Phi) is 3.86. The summed E-state index contributed by atoms with van der Waals surface area (Å²) in [6.45, 7) is 4.03. The fourth-order valence-electron chi connectivity index (χ4n) is 2.79. The minimum Gasteiger partial charge on any atom is -0.321 e. The van der Waals surface area contributed by atoms with Gasteiger partial charge < -0.3 is 9.72 Å². The predicted octanol–water partition coefficient (Wildman–Crippen LogP) is 4.93. The second-order valence-electron chi connectivity index (χ2n) is 6.07. The molecule has 1 aromatic carbocycles. The average Bonchev–Trinajstić information content (AvgIpc) is 3.22. The van der Waals surface area contributed by atoms with Crippen molar-refractivity contribution in [1.82, 2.24) is 9.38 Å². The Morgan fingerprint density at radius 3 is 2.80 bits per heavy atom. The zero-order valence-electron chi connectivity index (χ0n) is 14.0. The molecule has 0 atom stereocenters. The molecule has 124 valence electrons. The van der Waals surface area contributed by atoms with Crippen molar-refractivity contribution in [3.8, 4) is 11.3 Å². The van der Waals surface area contributed by atoms with E-state index >= 15 is 0 Å². The van der Waals surface area contributed by atoms with E-state index in [1.54, 1.807) is 0 Å². The highest BCUT2D eigenvalue weighted by atomic mass is 32.1. The van der Waals surface area contributed by atoms with Crippen molar-refractivity contribution in [1.29, 1.82) is 0 Å². The summed E-state index contributed by atoms with van der Waals surface area (Å²) in [5.41, 5.74) is 5.80. The number of nitrogens with one attached hydrogen (secondary N) is 1. The monoisotopic (exact) mass is 347 g/mol. The van der Waals surface area contributed by atoms with Gasteiger partial charge in [0.1, 0.15) is 5.65 Å². The second kappa shape index (κ2) is 6.18. The molecule has 0 spiro atoms. The molecule has 0 fully saturated rings. The Bertz CT molecular complexity index is 1080. The number of carbonyl (C=O) groups excluding carboxylic acids is 1. The number of aryl methyl sites for hydroxylation is 2. The molecule has 1 amide bonds. The summed E-state index contributed by atoms with van der Waals surface area (Å²) in [6, 6.07) is 13.7. The number of hydrogen-bond acceptors (Lipinski definition) is 3. The van der Waals surface area contributed by atoms with Gasteiger partial charge in [0.2, 0.25) is 0 Å². The fourth-order valence-corrected chi connectivity index (χ4v) is 3.58. The Morgan fingerprint density at radius 2 is 2.04 bits per heavy atom. The minimum atomic E-state index is -0.0823. The number of amides is 1. The number of hydrogen-bond donors (Lipinski definition) is 1. The number of benzene rings is 1. The molecule has 3 heterocycles. The van der Waals surface area contributed by atoms with Gasteiger partial charge in [-0.3, -0.25) is 4.79 Å². The number of carbonyl (C=O) groups is 1. The molecule has 3 aromatic heterocycles. The lowest BCUT2D eigenvalue weighted by Crippen LogP contribution is -2.10. The Labute approximate surface area is 149 Å². The van der Waals surface area contributed by atoms with Crippen LogP contribution in [0.1, 0.15) is 20.8 Å². The molecule has 0 saturated heterocycles. The number of rotatable bonds is 3. The second-order valence-corrected chi connectivity index (χ2v) is 6.98. The molecular weight excluding hydrogens is 330 g/mol. The Balaban J connectivity index is 1.64. The van der Waals surface area contributed by atoms with Gasteiger partial charge in [0.15, 0.2) is 0 Å². The van der Waals surface area contributed by atoms with E-state index in [4.69, 9.17) is 4.98 Å². The molecule has 0 bridgehead atoms. The van der Waals surface area contributed by atoms with Gasteiger partial charge in [-0.2, -0.15) is 0 Å². The van der Waals surface area contributed by atoms with Gasteiger partial charge in [0.25, 0.3) is 5.91 Å². The third-order valence-corrected chi connectivity index (χ3v) is 5.10. The summed E-state index contributed by atoms with van der Waals surface area (Å²) in [5, 5.41) is 4.94. The molecule has 4 aromatic rings. The van der Waals surface area contributed by atoms with Crippen LogP contribution in [0, 0.1) is 13.8 Å². The lowest BCUT2D eigenvalue weighted by Gasteiger charge is -2.05. The highest BCUT2D eigenvalue weighted by Crippen LogP contribution is 2.24. The fraction of sp³-hybridized carbons (Fsp3) is 0.100. The van der Waals surface area contributed by atoms with Crippen molar-refractivity contribution < 1.29 is 4.79 Å². The minimum absolute atomic E-state index is 0.0823. The van der Waals surface area contributed by atoms with Gasteiger partial charge in [0, 0.05) is 23.6 Å². The van der Waals surface area contributed by atoms with Gasteiger partial charge in [0.05, 0.1) is 10.6 Å². The summed E-state index contributed by atoms with van der Waals surface area (Å²) < 4.78 is 2.02. The first-order valence-electron chi connectivity index (χ1n) is 8.01. The third kappa shape index (κ3) is 3.06. The van der Waals surface area contributed by atoms with E-state index in [9.17, 15) is 4.79 Å². The first-order valence-corrected chi connectivity index (χ1v) is 8.89. The normalized spacial score (nSPS) is 11.0. The number of aromatic nitrogens is 2. The van der Waals surface area contributed by atoms with E-state index in [-0.39, 0.29) is 5.91 Å². The molecule has 5 heteroatoms. The van der Waals surface area contributed by atoms with Crippen LogP contribution in [-0.4, -0.2) is 15.3 Å². The molecule has 4 nitrogen and oxygen atoms in total. The van der Waals surface area contributed by atoms with E-state index in [1.807, 2.05) is 78.5 Å². The molecule has 0 aliphatic rings. The Morgan fingerprint density at radius 1 is 1.16 bits per heavy atom. The van der Waals surface area contributed by atoms with Crippen molar-refractivity contribution >= 4 is 28.6 Å². The molecule has 0 radical (unpaired) electrons. The van der Waals surface area contributed by atoms with Crippen LogP contribution in [-0.2, 0) is 0 Å². The van der Waals surface area contributed by atoms with Crippen molar-refractivity contribution in [3.63, 3.8) is 0 Å². The van der Waals surface area contributed by atoms with Gasteiger partial charge >= 0.3 is 0 Å². The largest absolute Gasteiger partial charge is 0.321 e. The van der Waals surface area contributed by atoms with Gasteiger partial charge in [-0.1, -0.05) is 18.2 Å². The lowest BCUT2D eigenvalue weighted by molar-refractivity contribution is 0.103. The molecule has 0 saturated carbocycles. The first-order chi connectivity index (χ1) is 12.1. The van der Waals surface area contributed by atoms with E-state index in [2.05, 4.69) is 5.32 Å². The van der Waals surface area contributed by atoms with Crippen molar-refractivity contribution in [3.05, 3.63) is 76.2 Å². The van der Waals surface area contributed by atoms with E-state index < -0.39 is 0 Å². The maximum Gasteiger partial charge on any atom is 0.265 e. The van der Waals surface area contributed by atoms with Crippen LogP contribution in [0.5, 0.6) is 0 Å². The van der Waals surface area contributed by atoms with Crippen LogP contribution >= 0.6 is 11.3 Å². The molecule has 0 unspecified atom stereocenters. The van der Waals surface area contributed by atoms with Crippen LogP contribution in [0.3, 0.4) is 0 Å². The van der Waals surface area contributed by atoms with Crippen LogP contribution in [0.4, 0.5) is 5.69 Å². The maximum absolute atomic E-state index is 12.3. The number of fused-ring (bicyclic) bond motifs is 1. The number of anilines is 1. The zero-order chi connectivity index (χ0) is 17.4. The predicted molar refractivity (Wildman–Crippen MR) is 102 cm³/mol. The molecule has 0 aliphatic heterocycles. The van der Waals surface area contributed by atoms with Gasteiger partial charge in [-0.05, 0) is 54.6 Å². The number of imidazole rings is 1.